The molecule has 0 heterocycles. The summed E-state index contributed by atoms with van der Waals surface area (Å²) in [6, 6.07) is 19.3. The van der Waals surface area contributed by atoms with Gasteiger partial charge in [0, 0.05) is 18.5 Å². The first kappa shape index (κ1) is 19.4. The van der Waals surface area contributed by atoms with Crippen molar-refractivity contribution >= 4 is 23.5 Å². The van der Waals surface area contributed by atoms with E-state index in [1.807, 2.05) is 66.7 Å². The average Bonchev–Trinajstić information content (AvgIpc) is 2.69. The maximum Gasteiger partial charge on any atom is 0.251 e. The van der Waals surface area contributed by atoms with Crippen LogP contribution in [0.3, 0.4) is 0 Å². The van der Waals surface area contributed by atoms with Gasteiger partial charge in [-0.15, -0.1) is 0 Å². The molecule has 2 aromatic carbocycles. The highest BCUT2D eigenvalue weighted by Gasteiger charge is 2.11. The molecule has 2 rings (SSSR count). The SMILES string of the molecule is O=C(CCCCCNC(=O)/C(=C/c1ccccc1)c1ccccc1)NO. The molecule has 136 valence electrons. The summed E-state index contributed by atoms with van der Waals surface area (Å²) < 4.78 is 0. The molecular weight excluding hydrogens is 328 g/mol. The first-order valence-electron chi connectivity index (χ1n) is 8.74. The number of carbonyl (C=O) groups excluding carboxylic acids is 2. The van der Waals surface area contributed by atoms with Crippen molar-refractivity contribution < 1.29 is 14.8 Å². The van der Waals surface area contributed by atoms with Crippen molar-refractivity contribution in [3.63, 3.8) is 0 Å². The Balaban J connectivity index is 1.94. The van der Waals surface area contributed by atoms with Gasteiger partial charge in [-0.2, -0.15) is 0 Å². The molecule has 0 saturated heterocycles. The van der Waals surface area contributed by atoms with Crippen molar-refractivity contribution in [3.8, 4) is 0 Å². The molecule has 0 radical (unpaired) electrons. The van der Waals surface area contributed by atoms with E-state index in [-0.39, 0.29) is 18.2 Å². The van der Waals surface area contributed by atoms with Crippen molar-refractivity contribution in [1.82, 2.24) is 10.8 Å². The number of benzene rings is 2. The zero-order valence-corrected chi connectivity index (χ0v) is 14.7. The normalized spacial score (nSPS) is 11.0. The van der Waals surface area contributed by atoms with Crippen LogP contribution in [0.1, 0.15) is 36.8 Å². The first-order valence-corrected chi connectivity index (χ1v) is 8.74. The van der Waals surface area contributed by atoms with Crippen molar-refractivity contribution in [2.24, 2.45) is 0 Å². The largest absolute Gasteiger partial charge is 0.352 e. The third kappa shape index (κ3) is 6.53. The van der Waals surface area contributed by atoms with Crippen LogP contribution in [0.4, 0.5) is 0 Å². The lowest BCUT2D eigenvalue weighted by Gasteiger charge is -2.10. The predicted molar refractivity (Wildman–Crippen MR) is 102 cm³/mol. The highest BCUT2D eigenvalue weighted by Crippen LogP contribution is 2.18. The first-order chi connectivity index (χ1) is 12.7. The van der Waals surface area contributed by atoms with Gasteiger partial charge in [0.05, 0.1) is 0 Å². The third-order valence-corrected chi connectivity index (χ3v) is 3.93. The second kappa shape index (κ2) is 10.8. The Labute approximate surface area is 153 Å². The van der Waals surface area contributed by atoms with E-state index in [0.29, 0.717) is 18.5 Å². The molecule has 0 aliphatic carbocycles. The van der Waals surface area contributed by atoms with Gasteiger partial charge in [0.25, 0.3) is 5.91 Å². The van der Waals surface area contributed by atoms with Crippen LogP contribution in [0.15, 0.2) is 60.7 Å². The Kier molecular flexibility index (Phi) is 8.09. The van der Waals surface area contributed by atoms with Gasteiger partial charge in [0.2, 0.25) is 5.91 Å². The fourth-order valence-electron chi connectivity index (χ4n) is 2.55. The molecular formula is C21H24N2O3. The second-order valence-corrected chi connectivity index (χ2v) is 5.94. The van der Waals surface area contributed by atoms with Crippen LogP contribution in [0, 0.1) is 0 Å². The van der Waals surface area contributed by atoms with Gasteiger partial charge >= 0.3 is 0 Å². The lowest BCUT2D eigenvalue weighted by atomic mass is 10.0. The standard InChI is InChI=1S/C21H24N2O3/c24-20(23-26)14-8-3-9-15-22-21(25)19(18-12-6-2-7-13-18)16-17-10-4-1-5-11-17/h1-2,4-7,10-13,16,26H,3,8-9,14-15H2,(H,22,25)(H,23,24)/b19-16+. The second-order valence-electron chi connectivity index (χ2n) is 5.94. The van der Waals surface area contributed by atoms with Crippen LogP contribution in [-0.2, 0) is 9.59 Å². The van der Waals surface area contributed by atoms with Crippen LogP contribution >= 0.6 is 0 Å². The highest BCUT2D eigenvalue weighted by atomic mass is 16.5. The Morgan fingerprint density at radius 2 is 1.54 bits per heavy atom. The molecule has 5 heteroatoms. The van der Waals surface area contributed by atoms with Crippen molar-refractivity contribution in [3.05, 3.63) is 71.8 Å². The maximum absolute atomic E-state index is 12.7. The number of hydroxylamine groups is 1. The van der Waals surface area contributed by atoms with Gasteiger partial charge in [-0.05, 0) is 30.0 Å². The van der Waals surface area contributed by atoms with E-state index < -0.39 is 0 Å². The van der Waals surface area contributed by atoms with Gasteiger partial charge in [-0.25, -0.2) is 5.48 Å². The molecule has 2 amide bonds. The number of hydrogen-bond donors (Lipinski definition) is 3. The fraction of sp³-hybridized carbons (Fsp3) is 0.238. The predicted octanol–water partition coefficient (Wildman–Crippen LogP) is 3.41. The molecule has 0 atom stereocenters. The summed E-state index contributed by atoms with van der Waals surface area (Å²) in [7, 11) is 0. The number of hydrogen-bond acceptors (Lipinski definition) is 3. The molecule has 0 unspecified atom stereocenters. The Bertz CT molecular complexity index is 727. The summed E-state index contributed by atoms with van der Waals surface area (Å²) in [6.07, 6.45) is 4.42. The minimum atomic E-state index is -0.383. The van der Waals surface area contributed by atoms with Crippen LogP contribution in [0.25, 0.3) is 11.6 Å². The minimum Gasteiger partial charge on any atom is -0.352 e. The lowest BCUT2D eigenvalue weighted by Crippen LogP contribution is -2.25. The van der Waals surface area contributed by atoms with Gasteiger partial charge in [-0.3, -0.25) is 14.8 Å². The monoisotopic (exact) mass is 352 g/mol. The molecule has 0 aromatic heterocycles. The minimum absolute atomic E-state index is 0.117. The van der Waals surface area contributed by atoms with Crippen molar-refractivity contribution in [2.75, 3.05) is 6.54 Å². The van der Waals surface area contributed by atoms with Gasteiger partial charge < -0.3 is 5.32 Å². The van der Waals surface area contributed by atoms with Crippen LogP contribution in [0.2, 0.25) is 0 Å². The van der Waals surface area contributed by atoms with Crippen molar-refractivity contribution in [1.29, 1.82) is 0 Å². The number of nitrogens with one attached hydrogen (secondary N) is 2. The van der Waals surface area contributed by atoms with Gasteiger partial charge in [-0.1, -0.05) is 67.1 Å². The molecule has 26 heavy (non-hydrogen) atoms. The van der Waals surface area contributed by atoms with Crippen molar-refractivity contribution in [2.45, 2.75) is 25.7 Å². The summed E-state index contributed by atoms with van der Waals surface area (Å²) >= 11 is 0. The molecule has 0 spiro atoms. The molecule has 5 nitrogen and oxygen atoms in total. The Morgan fingerprint density at radius 1 is 0.885 bits per heavy atom. The summed E-state index contributed by atoms with van der Waals surface area (Å²) in [5, 5.41) is 11.4. The van der Waals surface area contributed by atoms with Crippen LogP contribution < -0.4 is 10.8 Å². The van der Waals surface area contributed by atoms with E-state index >= 15 is 0 Å². The summed E-state index contributed by atoms with van der Waals surface area (Å²) in [4.78, 5) is 23.6. The van der Waals surface area contributed by atoms with E-state index in [4.69, 9.17) is 5.21 Å². The van der Waals surface area contributed by atoms with E-state index in [9.17, 15) is 9.59 Å². The van der Waals surface area contributed by atoms with E-state index in [0.717, 1.165) is 24.0 Å². The van der Waals surface area contributed by atoms with E-state index in [1.54, 1.807) is 5.48 Å². The lowest BCUT2D eigenvalue weighted by molar-refractivity contribution is -0.129. The third-order valence-electron chi connectivity index (χ3n) is 3.93. The van der Waals surface area contributed by atoms with E-state index in [1.165, 1.54) is 0 Å². The highest BCUT2D eigenvalue weighted by molar-refractivity contribution is 6.24. The molecule has 0 aliphatic rings. The Hall–Kier alpha value is -2.92. The molecule has 0 bridgehead atoms. The quantitative estimate of drug-likeness (QED) is 0.213. The van der Waals surface area contributed by atoms with Gasteiger partial charge in [0.1, 0.15) is 0 Å². The molecule has 0 saturated carbocycles. The zero-order chi connectivity index (χ0) is 18.6. The number of rotatable bonds is 9. The molecule has 0 fully saturated rings. The number of carbonyl (C=O) groups is 2. The number of amides is 2. The van der Waals surface area contributed by atoms with Gasteiger partial charge in [0.15, 0.2) is 0 Å². The summed E-state index contributed by atoms with van der Waals surface area (Å²) in [5.41, 5.74) is 4.07. The van der Waals surface area contributed by atoms with Crippen LogP contribution in [0.5, 0.6) is 0 Å². The number of unbranched alkanes of at least 4 members (excludes halogenated alkanes) is 2. The van der Waals surface area contributed by atoms with E-state index in [2.05, 4.69) is 5.32 Å². The molecule has 3 N–H and O–H groups in total. The van der Waals surface area contributed by atoms with Crippen LogP contribution in [-0.4, -0.2) is 23.6 Å². The topological polar surface area (TPSA) is 78.4 Å². The Morgan fingerprint density at radius 3 is 2.19 bits per heavy atom. The summed E-state index contributed by atoms with van der Waals surface area (Å²) in [5.74, 6) is -0.501. The average molecular weight is 352 g/mol. The smallest absolute Gasteiger partial charge is 0.251 e. The zero-order valence-electron chi connectivity index (χ0n) is 14.7. The fourth-order valence-corrected chi connectivity index (χ4v) is 2.55. The molecule has 0 aliphatic heterocycles. The summed E-state index contributed by atoms with van der Waals surface area (Å²) in [6.45, 7) is 0.540. The molecule has 2 aromatic rings. The maximum atomic E-state index is 12.7.